The number of anilines is 1. The highest BCUT2D eigenvalue weighted by atomic mass is 19.4. The van der Waals surface area contributed by atoms with Crippen molar-refractivity contribution in [2.24, 2.45) is 11.1 Å². The molecule has 4 rings (SSSR count). The molecule has 33 heavy (non-hydrogen) atoms. The minimum atomic E-state index is -4.63. The summed E-state index contributed by atoms with van der Waals surface area (Å²) in [4.78, 5) is 12.0. The van der Waals surface area contributed by atoms with Crippen molar-refractivity contribution >= 4 is 11.6 Å². The van der Waals surface area contributed by atoms with Gasteiger partial charge in [0.1, 0.15) is 5.82 Å². The molecule has 2 aliphatic rings. The van der Waals surface area contributed by atoms with Crippen molar-refractivity contribution in [1.29, 1.82) is 0 Å². The quantitative estimate of drug-likeness (QED) is 0.582. The van der Waals surface area contributed by atoms with Crippen molar-refractivity contribution in [1.82, 2.24) is 9.78 Å². The number of carbonyl (C=O) groups is 1. The van der Waals surface area contributed by atoms with E-state index in [4.69, 9.17) is 5.73 Å². The number of carbonyl (C=O) groups excluding carboxylic acids is 1. The van der Waals surface area contributed by atoms with Gasteiger partial charge in [-0.2, -0.15) is 18.3 Å². The molecule has 0 saturated heterocycles. The lowest BCUT2D eigenvalue weighted by Gasteiger charge is -2.30. The van der Waals surface area contributed by atoms with E-state index in [1.54, 1.807) is 0 Å². The van der Waals surface area contributed by atoms with Crippen LogP contribution in [-0.4, -0.2) is 32.9 Å². The molecule has 1 aromatic heterocycles. The molecule has 1 aromatic carbocycles. The second-order valence-corrected chi connectivity index (χ2v) is 9.89. The summed E-state index contributed by atoms with van der Waals surface area (Å²) in [5.41, 5.74) is 4.63. The molecule has 0 atom stereocenters. The smallest absolute Gasteiger partial charge is 0.393 e. The first kappa shape index (κ1) is 23.5. The Morgan fingerprint density at radius 1 is 1.24 bits per heavy atom. The number of nitrogens with one attached hydrogen (secondary N) is 1. The molecule has 0 unspecified atom stereocenters. The monoisotopic (exact) mass is 468 g/mol. The van der Waals surface area contributed by atoms with E-state index in [0.717, 1.165) is 10.7 Å². The standard InChI is InChI=1S/C23H28F4N4O2/c1-22(2)8-7-15-18(11-22)31(30-20(15)23(25,26)27)13-9-16(24)19(21(28)33)17(10-13)29-12-3-5-14(32)6-4-12/h9-10,12,14,29,32H,3-8,11H2,1-2H3,(H2,28,33)/t12-,14-. The van der Waals surface area contributed by atoms with Gasteiger partial charge in [-0.3, -0.25) is 4.79 Å². The van der Waals surface area contributed by atoms with Crippen LogP contribution >= 0.6 is 0 Å². The summed E-state index contributed by atoms with van der Waals surface area (Å²) in [6.45, 7) is 3.95. The molecule has 0 spiro atoms. The predicted octanol–water partition coefficient (Wildman–Crippen LogP) is 4.36. The molecule has 2 aromatic rings. The van der Waals surface area contributed by atoms with Crippen LogP contribution < -0.4 is 11.1 Å². The maximum Gasteiger partial charge on any atom is 0.435 e. The highest BCUT2D eigenvalue weighted by Crippen LogP contribution is 2.42. The van der Waals surface area contributed by atoms with E-state index < -0.39 is 29.7 Å². The van der Waals surface area contributed by atoms with Crippen LogP contribution in [0.3, 0.4) is 0 Å². The third-order valence-electron chi connectivity index (χ3n) is 6.68. The molecule has 6 nitrogen and oxygen atoms in total. The summed E-state index contributed by atoms with van der Waals surface area (Å²) >= 11 is 0. The Morgan fingerprint density at radius 3 is 2.52 bits per heavy atom. The molecule has 0 bridgehead atoms. The average molecular weight is 468 g/mol. The number of nitrogens with two attached hydrogens (primary N) is 1. The zero-order chi connectivity index (χ0) is 24.1. The number of nitrogens with zero attached hydrogens (tertiary/aromatic N) is 2. The molecule has 4 N–H and O–H groups in total. The van der Waals surface area contributed by atoms with E-state index in [-0.39, 0.29) is 40.4 Å². The van der Waals surface area contributed by atoms with Gasteiger partial charge in [-0.05, 0) is 56.4 Å². The molecule has 1 amide bonds. The van der Waals surface area contributed by atoms with Crippen molar-refractivity contribution in [2.45, 2.75) is 77.1 Å². The van der Waals surface area contributed by atoms with Crippen molar-refractivity contribution in [3.63, 3.8) is 0 Å². The minimum absolute atomic E-state index is 0.0975. The maximum absolute atomic E-state index is 15.0. The fourth-order valence-corrected chi connectivity index (χ4v) is 4.89. The Balaban J connectivity index is 1.82. The predicted molar refractivity (Wildman–Crippen MR) is 115 cm³/mol. The number of aliphatic hydroxyl groups excluding tert-OH is 1. The second-order valence-electron chi connectivity index (χ2n) is 9.89. The molecular weight excluding hydrogens is 440 g/mol. The van der Waals surface area contributed by atoms with Gasteiger partial charge in [0.2, 0.25) is 0 Å². The summed E-state index contributed by atoms with van der Waals surface area (Å²) < 4.78 is 57.4. The fraction of sp³-hybridized carbons (Fsp3) is 0.565. The number of hydrogen-bond acceptors (Lipinski definition) is 4. The number of aromatic nitrogens is 2. The Kier molecular flexibility index (Phi) is 5.92. The first-order chi connectivity index (χ1) is 15.4. The first-order valence-electron chi connectivity index (χ1n) is 11.1. The Labute approximate surface area is 189 Å². The van der Waals surface area contributed by atoms with Gasteiger partial charge in [0.25, 0.3) is 5.91 Å². The molecule has 1 heterocycles. The van der Waals surface area contributed by atoms with Crippen LogP contribution in [0.5, 0.6) is 0 Å². The van der Waals surface area contributed by atoms with Crippen LogP contribution in [0.2, 0.25) is 0 Å². The number of benzene rings is 1. The summed E-state index contributed by atoms with van der Waals surface area (Å²) in [5.74, 6) is -1.90. The van der Waals surface area contributed by atoms with Gasteiger partial charge in [0.15, 0.2) is 5.69 Å². The molecule has 1 saturated carbocycles. The van der Waals surface area contributed by atoms with Gasteiger partial charge in [-0.1, -0.05) is 13.8 Å². The number of fused-ring (bicyclic) bond motifs is 1. The lowest BCUT2D eigenvalue weighted by atomic mass is 9.76. The summed E-state index contributed by atoms with van der Waals surface area (Å²) in [6, 6.07) is 2.31. The largest absolute Gasteiger partial charge is 0.435 e. The van der Waals surface area contributed by atoms with Crippen molar-refractivity contribution in [2.75, 3.05) is 5.32 Å². The van der Waals surface area contributed by atoms with Gasteiger partial charge in [0.05, 0.1) is 23.0 Å². The zero-order valence-electron chi connectivity index (χ0n) is 18.6. The van der Waals surface area contributed by atoms with E-state index in [9.17, 15) is 23.1 Å². The molecule has 1 fully saturated rings. The Morgan fingerprint density at radius 2 is 1.91 bits per heavy atom. The highest BCUT2D eigenvalue weighted by molar-refractivity contribution is 5.99. The second kappa shape index (κ2) is 8.30. The number of primary amides is 1. The Hall–Kier alpha value is -2.62. The molecule has 180 valence electrons. The van der Waals surface area contributed by atoms with Gasteiger partial charge >= 0.3 is 6.18 Å². The molecule has 2 aliphatic carbocycles. The summed E-state index contributed by atoms with van der Waals surface area (Å²) in [6.07, 6.45) is -1.53. The number of aliphatic hydroxyl groups is 1. The molecule has 0 radical (unpaired) electrons. The number of halogens is 4. The first-order valence-corrected chi connectivity index (χ1v) is 11.1. The van der Waals surface area contributed by atoms with E-state index in [2.05, 4.69) is 10.4 Å². The van der Waals surface area contributed by atoms with Crippen molar-refractivity contribution < 1.29 is 27.5 Å². The van der Waals surface area contributed by atoms with Crippen LogP contribution in [0.4, 0.5) is 23.2 Å². The van der Waals surface area contributed by atoms with E-state index in [1.165, 1.54) is 6.07 Å². The molecule has 10 heteroatoms. The number of alkyl halides is 3. The number of amides is 1. The summed E-state index contributed by atoms with van der Waals surface area (Å²) in [5, 5.41) is 16.7. The van der Waals surface area contributed by atoms with Gasteiger partial charge in [-0.25, -0.2) is 9.07 Å². The number of rotatable bonds is 4. The summed E-state index contributed by atoms with van der Waals surface area (Å²) in [7, 11) is 0. The van der Waals surface area contributed by atoms with Crippen LogP contribution in [0.25, 0.3) is 5.69 Å². The van der Waals surface area contributed by atoms with E-state index in [0.29, 0.717) is 44.2 Å². The van der Waals surface area contributed by atoms with Gasteiger partial charge in [-0.15, -0.1) is 0 Å². The minimum Gasteiger partial charge on any atom is -0.393 e. The topological polar surface area (TPSA) is 93.2 Å². The van der Waals surface area contributed by atoms with Crippen LogP contribution in [0.15, 0.2) is 12.1 Å². The van der Waals surface area contributed by atoms with Crippen LogP contribution in [0.1, 0.15) is 73.3 Å². The van der Waals surface area contributed by atoms with Crippen LogP contribution in [0, 0.1) is 11.2 Å². The molecular formula is C23H28F4N4O2. The maximum atomic E-state index is 15.0. The van der Waals surface area contributed by atoms with E-state index in [1.807, 2.05) is 13.8 Å². The highest BCUT2D eigenvalue weighted by Gasteiger charge is 2.42. The van der Waals surface area contributed by atoms with Crippen LogP contribution in [-0.2, 0) is 19.0 Å². The normalized spacial score (nSPS) is 22.6. The SMILES string of the molecule is CC1(C)CCc2c(C(F)(F)F)nn(-c3cc(F)c(C(N)=O)c(N[C@H]4CC[C@H](O)CC4)c3)c2C1. The third kappa shape index (κ3) is 4.71. The third-order valence-corrected chi connectivity index (χ3v) is 6.68. The fourth-order valence-electron chi connectivity index (χ4n) is 4.89. The van der Waals surface area contributed by atoms with Gasteiger partial charge < -0.3 is 16.2 Å². The van der Waals surface area contributed by atoms with E-state index >= 15 is 4.39 Å². The Bertz CT molecular complexity index is 1070. The lowest BCUT2D eigenvalue weighted by molar-refractivity contribution is -0.142. The zero-order valence-corrected chi connectivity index (χ0v) is 18.6. The van der Waals surface area contributed by atoms with Gasteiger partial charge in [0, 0.05) is 23.4 Å². The van der Waals surface area contributed by atoms with Crippen molar-refractivity contribution in [3.05, 3.63) is 40.5 Å². The van der Waals surface area contributed by atoms with Crippen molar-refractivity contribution in [3.8, 4) is 5.69 Å². The lowest BCUT2D eigenvalue weighted by Crippen LogP contribution is -2.30. The average Bonchev–Trinajstić information content (AvgIpc) is 3.07. The molecule has 0 aliphatic heterocycles. The number of hydrogen-bond donors (Lipinski definition) is 3.